The Hall–Kier alpha value is -7.46. The normalized spacial score (nSPS) is 15.8. The molecule has 2 atom stereocenters. The van der Waals surface area contributed by atoms with E-state index in [1.165, 1.54) is 76.6 Å². The van der Waals surface area contributed by atoms with E-state index in [1.807, 2.05) is 0 Å². The molecule has 10 aromatic carbocycles. The third-order valence-electron chi connectivity index (χ3n) is 12.3. The maximum absolute atomic E-state index is 6.51. The van der Waals surface area contributed by atoms with Gasteiger partial charge in [-0.15, -0.1) is 0 Å². The molecule has 2 N–H and O–H groups in total. The lowest BCUT2D eigenvalue weighted by molar-refractivity contribution is 0.443. The standard InChI is InChI=1S/C56H38N2O/c1-2-12-35(13-3-1)42-18-8-9-21-47(42)56-57-50(34-51(58-56)41-29-31-52-49(33-41)45-22-10-16-38-17-11-23-53(59-52)55(38)45)37-24-26-39(27-25-37)54-44-20-7-5-15-40(44)32-48-43-19-6-4-14-36(43)28-30-46(48)54/h1-34,50,56-58H. The highest BCUT2D eigenvalue weighted by Crippen LogP contribution is 2.48. The van der Waals surface area contributed by atoms with E-state index in [4.69, 9.17) is 4.74 Å². The van der Waals surface area contributed by atoms with Crippen LogP contribution >= 0.6 is 0 Å². The van der Waals surface area contributed by atoms with Gasteiger partial charge in [0.1, 0.15) is 17.7 Å². The van der Waals surface area contributed by atoms with Gasteiger partial charge in [-0.3, -0.25) is 5.32 Å². The molecule has 12 rings (SSSR count). The highest BCUT2D eigenvalue weighted by Gasteiger charge is 2.28. The van der Waals surface area contributed by atoms with Gasteiger partial charge in [-0.25, -0.2) is 0 Å². The molecule has 2 aliphatic rings. The highest BCUT2D eigenvalue weighted by molar-refractivity contribution is 6.20. The number of nitrogens with one attached hydrogen (secondary N) is 2. The topological polar surface area (TPSA) is 33.3 Å². The second-order valence-corrected chi connectivity index (χ2v) is 15.7. The molecule has 0 amide bonds. The molecule has 3 heteroatoms. The number of fused-ring (bicyclic) bond motifs is 6. The van der Waals surface area contributed by atoms with Crippen molar-refractivity contribution in [1.82, 2.24) is 10.6 Å². The van der Waals surface area contributed by atoms with Crippen molar-refractivity contribution < 1.29 is 4.74 Å². The average Bonchev–Trinajstić information content (AvgIpc) is 3.31. The van der Waals surface area contributed by atoms with E-state index in [9.17, 15) is 0 Å². The Labute approximate surface area is 342 Å². The van der Waals surface area contributed by atoms with E-state index < -0.39 is 0 Å². The van der Waals surface area contributed by atoms with Crippen molar-refractivity contribution in [2.45, 2.75) is 12.2 Å². The first-order valence-corrected chi connectivity index (χ1v) is 20.4. The zero-order valence-corrected chi connectivity index (χ0v) is 32.2. The van der Waals surface area contributed by atoms with Gasteiger partial charge in [-0.2, -0.15) is 0 Å². The molecule has 3 nitrogen and oxygen atoms in total. The quantitative estimate of drug-likeness (QED) is 0.136. The minimum Gasteiger partial charge on any atom is -0.456 e. The fraction of sp³-hybridized carbons (Fsp3) is 0.0357. The van der Waals surface area contributed by atoms with Crippen molar-refractivity contribution in [2.24, 2.45) is 0 Å². The smallest absolute Gasteiger partial charge is 0.135 e. The number of hydrogen-bond acceptors (Lipinski definition) is 3. The Morgan fingerprint density at radius 3 is 2.00 bits per heavy atom. The third-order valence-corrected chi connectivity index (χ3v) is 12.3. The summed E-state index contributed by atoms with van der Waals surface area (Å²) in [5.74, 6) is 1.78. The Balaban J connectivity index is 0.988. The van der Waals surface area contributed by atoms with Crippen molar-refractivity contribution in [2.75, 3.05) is 0 Å². The number of hydrogen-bond donors (Lipinski definition) is 2. The van der Waals surface area contributed by atoms with Gasteiger partial charge in [0.2, 0.25) is 0 Å². The first kappa shape index (κ1) is 33.7. The van der Waals surface area contributed by atoms with E-state index in [2.05, 4.69) is 217 Å². The van der Waals surface area contributed by atoms with Gasteiger partial charge in [0.25, 0.3) is 0 Å². The van der Waals surface area contributed by atoms with Crippen LogP contribution in [-0.4, -0.2) is 0 Å². The summed E-state index contributed by atoms with van der Waals surface area (Å²) in [6.45, 7) is 0. The minimum atomic E-state index is -0.164. The van der Waals surface area contributed by atoms with E-state index in [0.717, 1.165) is 33.7 Å². The van der Waals surface area contributed by atoms with Crippen LogP contribution in [0.4, 0.5) is 0 Å². The largest absolute Gasteiger partial charge is 0.456 e. The molecule has 0 radical (unpaired) electrons. The summed E-state index contributed by atoms with van der Waals surface area (Å²) in [5, 5.41) is 17.9. The van der Waals surface area contributed by atoms with Crippen molar-refractivity contribution in [3.8, 4) is 44.9 Å². The predicted molar refractivity (Wildman–Crippen MR) is 245 cm³/mol. The Morgan fingerprint density at radius 1 is 0.407 bits per heavy atom. The van der Waals surface area contributed by atoms with Crippen LogP contribution in [0.1, 0.15) is 28.9 Å². The zero-order valence-electron chi connectivity index (χ0n) is 32.2. The molecular formula is C56H38N2O. The van der Waals surface area contributed by atoms with E-state index in [1.54, 1.807) is 0 Å². The lowest BCUT2D eigenvalue weighted by Gasteiger charge is -2.34. The molecule has 2 aliphatic heterocycles. The first-order valence-electron chi connectivity index (χ1n) is 20.4. The lowest BCUT2D eigenvalue weighted by Crippen LogP contribution is -2.39. The summed E-state index contributed by atoms with van der Waals surface area (Å²) in [7, 11) is 0. The molecule has 0 spiro atoms. The van der Waals surface area contributed by atoms with Crippen LogP contribution in [-0.2, 0) is 0 Å². The van der Waals surface area contributed by atoms with Crippen molar-refractivity contribution in [3.63, 3.8) is 0 Å². The fourth-order valence-electron chi connectivity index (χ4n) is 9.53. The average molecular weight is 755 g/mol. The van der Waals surface area contributed by atoms with Gasteiger partial charge < -0.3 is 10.1 Å². The molecule has 0 fully saturated rings. The number of rotatable bonds is 5. The fourth-order valence-corrected chi connectivity index (χ4v) is 9.53. The summed E-state index contributed by atoms with van der Waals surface area (Å²) >= 11 is 0. The van der Waals surface area contributed by atoms with E-state index >= 15 is 0 Å². The summed E-state index contributed by atoms with van der Waals surface area (Å²) in [6.07, 6.45) is 2.18. The van der Waals surface area contributed by atoms with Crippen molar-refractivity contribution >= 4 is 48.8 Å². The SMILES string of the molecule is C1=C(c2ccc3c(c2)-c2cccc4cccc(c24)O3)NC(c2ccccc2-c2ccccc2)NC1c1ccc(-c2c3ccccc3cc3c2ccc2ccccc23)cc1. The first-order chi connectivity index (χ1) is 29.2. The molecule has 2 heterocycles. The summed E-state index contributed by atoms with van der Waals surface area (Å²) in [4.78, 5) is 0. The molecule has 0 aliphatic carbocycles. The Kier molecular flexibility index (Phi) is 7.75. The maximum Gasteiger partial charge on any atom is 0.135 e. The third kappa shape index (κ3) is 5.62. The second kappa shape index (κ2) is 13.6. The van der Waals surface area contributed by atoms with Crippen molar-refractivity contribution in [3.05, 3.63) is 223 Å². The van der Waals surface area contributed by atoms with Gasteiger partial charge in [0, 0.05) is 16.6 Å². The van der Waals surface area contributed by atoms with Gasteiger partial charge in [-0.1, -0.05) is 170 Å². The molecule has 278 valence electrons. The van der Waals surface area contributed by atoms with Crippen molar-refractivity contribution in [1.29, 1.82) is 0 Å². The van der Waals surface area contributed by atoms with Crippen LogP contribution in [0.5, 0.6) is 11.5 Å². The van der Waals surface area contributed by atoms with Gasteiger partial charge >= 0.3 is 0 Å². The van der Waals surface area contributed by atoms with Gasteiger partial charge in [0.05, 0.1) is 6.04 Å². The molecular weight excluding hydrogens is 717 g/mol. The van der Waals surface area contributed by atoms with Crippen LogP contribution in [0.15, 0.2) is 206 Å². The predicted octanol–water partition coefficient (Wildman–Crippen LogP) is 14.4. The molecule has 2 unspecified atom stereocenters. The van der Waals surface area contributed by atoms with Crippen LogP contribution in [0, 0.1) is 0 Å². The van der Waals surface area contributed by atoms with Crippen LogP contribution in [0.2, 0.25) is 0 Å². The Bertz CT molecular complexity index is 3310. The van der Waals surface area contributed by atoms with Gasteiger partial charge in [-0.05, 0) is 119 Å². The van der Waals surface area contributed by atoms with E-state index in [0.29, 0.717) is 0 Å². The number of benzene rings is 10. The van der Waals surface area contributed by atoms with Crippen LogP contribution in [0.25, 0.3) is 82.2 Å². The molecule has 0 aromatic heterocycles. The maximum atomic E-state index is 6.51. The number of ether oxygens (including phenoxy) is 1. The Morgan fingerprint density at radius 2 is 1.12 bits per heavy atom. The molecule has 59 heavy (non-hydrogen) atoms. The second-order valence-electron chi connectivity index (χ2n) is 15.7. The minimum absolute atomic E-state index is 0.0706. The molecule has 10 aromatic rings. The highest BCUT2D eigenvalue weighted by atomic mass is 16.5. The van der Waals surface area contributed by atoms with Crippen LogP contribution < -0.4 is 15.4 Å². The summed E-state index contributed by atoms with van der Waals surface area (Å²) in [5.41, 5.74) is 11.8. The van der Waals surface area contributed by atoms with Gasteiger partial charge in [0.15, 0.2) is 0 Å². The summed E-state index contributed by atoms with van der Waals surface area (Å²) in [6, 6.07) is 72.4. The molecule has 0 saturated carbocycles. The van der Waals surface area contributed by atoms with Crippen LogP contribution in [0.3, 0.4) is 0 Å². The van der Waals surface area contributed by atoms with E-state index in [-0.39, 0.29) is 12.2 Å². The monoisotopic (exact) mass is 754 g/mol. The molecule has 0 saturated heterocycles. The zero-order chi connectivity index (χ0) is 38.9. The lowest BCUT2D eigenvalue weighted by atomic mass is 9.88. The summed E-state index contributed by atoms with van der Waals surface area (Å²) < 4.78 is 6.51. The molecule has 0 bridgehead atoms.